The van der Waals surface area contributed by atoms with Crippen LogP contribution in [0, 0.1) is 0 Å². The number of anilines is 2. The minimum Gasteiger partial charge on any atom is -0.382 e. The minimum atomic E-state index is 0.553. The van der Waals surface area contributed by atoms with Crippen LogP contribution < -0.4 is 11.1 Å². The zero-order valence-electron chi connectivity index (χ0n) is 12.3. The van der Waals surface area contributed by atoms with Crippen LogP contribution in [-0.2, 0) is 0 Å². The number of nitrogen functional groups attached to an aromatic ring is 1. The van der Waals surface area contributed by atoms with Crippen molar-refractivity contribution in [3.63, 3.8) is 0 Å². The molecular formula is C15H22N4S. The number of nitrogens with two attached hydrogens (primary N) is 1. The molecule has 0 amide bonds. The lowest BCUT2D eigenvalue weighted by molar-refractivity contribution is 0.284. The van der Waals surface area contributed by atoms with E-state index in [-0.39, 0.29) is 0 Å². The van der Waals surface area contributed by atoms with Gasteiger partial charge in [0.2, 0.25) is 0 Å². The van der Waals surface area contributed by atoms with E-state index in [4.69, 9.17) is 5.73 Å². The molecule has 1 heterocycles. The molecule has 0 fully saturated rings. The van der Waals surface area contributed by atoms with Gasteiger partial charge in [-0.25, -0.2) is 0 Å². The number of hydrogen-bond acceptors (Lipinski definition) is 5. The highest BCUT2D eigenvalue weighted by Crippen LogP contribution is 2.36. The number of benzene rings is 1. The molecule has 3 N–H and O–H groups in total. The summed E-state index contributed by atoms with van der Waals surface area (Å²) >= 11 is 1.43. The molecule has 2 aromatic rings. The van der Waals surface area contributed by atoms with E-state index in [1.165, 1.54) is 11.5 Å². The van der Waals surface area contributed by atoms with Crippen molar-refractivity contribution in [3.8, 4) is 11.1 Å². The first-order chi connectivity index (χ1) is 9.59. The molecule has 0 spiro atoms. The molecule has 108 valence electrons. The second-order valence-corrected chi connectivity index (χ2v) is 5.91. The fourth-order valence-electron chi connectivity index (χ4n) is 1.91. The Kier molecular flexibility index (Phi) is 4.98. The van der Waals surface area contributed by atoms with Crippen LogP contribution in [0.15, 0.2) is 30.3 Å². The maximum absolute atomic E-state index is 6.00. The summed E-state index contributed by atoms with van der Waals surface area (Å²) in [5.41, 5.74) is 8.13. The van der Waals surface area contributed by atoms with E-state index >= 15 is 0 Å². The molecule has 0 aliphatic heterocycles. The molecule has 1 aromatic heterocycles. The second-order valence-electron chi connectivity index (χ2n) is 5.14. The third-order valence-electron chi connectivity index (χ3n) is 3.41. The summed E-state index contributed by atoms with van der Waals surface area (Å²) in [6.45, 7) is 6.26. The van der Waals surface area contributed by atoms with E-state index in [1.54, 1.807) is 0 Å². The summed E-state index contributed by atoms with van der Waals surface area (Å²) in [5, 5.41) is 4.50. The molecular weight excluding hydrogens is 268 g/mol. The topological polar surface area (TPSA) is 54.2 Å². The maximum Gasteiger partial charge on any atom is 0.147 e. The van der Waals surface area contributed by atoms with Crippen LogP contribution >= 0.6 is 11.5 Å². The fourth-order valence-corrected chi connectivity index (χ4v) is 2.67. The van der Waals surface area contributed by atoms with Gasteiger partial charge in [-0.1, -0.05) is 30.3 Å². The number of rotatable bonds is 6. The molecule has 0 atom stereocenters. The summed E-state index contributed by atoms with van der Waals surface area (Å²) in [5.74, 6) is 0.598. The largest absolute Gasteiger partial charge is 0.382 e. The van der Waals surface area contributed by atoms with Crippen molar-refractivity contribution in [3.05, 3.63) is 30.3 Å². The zero-order valence-corrected chi connectivity index (χ0v) is 13.1. The van der Waals surface area contributed by atoms with Crippen molar-refractivity contribution < 1.29 is 0 Å². The van der Waals surface area contributed by atoms with Crippen molar-refractivity contribution in [1.29, 1.82) is 0 Å². The Balaban J connectivity index is 2.07. The van der Waals surface area contributed by atoms with E-state index in [0.717, 1.165) is 29.2 Å². The van der Waals surface area contributed by atoms with Crippen molar-refractivity contribution in [2.45, 2.75) is 19.9 Å². The average molecular weight is 290 g/mol. The monoisotopic (exact) mass is 290 g/mol. The highest BCUT2D eigenvalue weighted by molar-refractivity contribution is 7.11. The average Bonchev–Trinajstić information content (AvgIpc) is 2.80. The Hall–Kier alpha value is -1.59. The van der Waals surface area contributed by atoms with Gasteiger partial charge >= 0.3 is 0 Å². The first-order valence-electron chi connectivity index (χ1n) is 6.84. The molecule has 0 saturated heterocycles. The maximum atomic E-state index is 6.00. The highest BCUT2D eigenvalue weighted by Gasteiger charge is 2.13. The molecule has 5 heteroatoms. The van der Waals surface area contributed by atoms with Gasteiger partial charge in [0.15, 0.2) is 0 Å². The van der Waals surface area contributed by atoms with Crippen LogP contribution in [0.3, 0.4) is 0 Å². The van der Waals surface area contributed by atoms with Crippen LogP contribution in [0.2, 0.25) is 0 Å². The van der Waals surface area contributed by atoms with Gasteiger partial charge in [0.1, 0.15) is 10.8 Å². The summed E-state index contributed by atoms with van der Waals surface area (Å²) in [4.78, 5) is 2.31. The van der Waals surface area contributed by atoms with Crippen LogP contribution in [0.1, 0.15) is 13.8 Å². The molecule has 20 heavy (non-hydrogen) atoms. The first kappa shape index (κ1) is 14.8. The molecule has 0 bridgehead atoms. The van der Waals surface area contributed by atoms with E-state index in [1.807, 2.05) is 18.2 Å². The SMILES string of the molecule is CC(C)N(C)CCNc1snc(N)c1-c1ccccc1. The lowest BCUT2D eigenvalue weighted by Gasteiger charge is -2.21. The summed E-state index contributed by atoms with van der Waals surface area (Å²) in [6.07, 6.45) is 0. The van der Waals surface area contributed by atoms with Gasteiger partial charge < -0.3 is 16.0 Å². The lowest BCUT2D eigenvalue weighted by Crippen LogP contribution is -2.31. The Morgan fingerprint density at radius 2 is 2.00 bits per heavy atom. The third-order valence-corrected chi connectivity index (χ3v) is 4.23. The van der Waals surface area contributed by atoms with Gasteiger partial charge in [-0.05, 0) is 38.0 Å². The minimum absolute atomic E-state index is 0.553. The van der Waals surface area contributed by atoms with Gasteiger partial charge in [0, 0.05) is 19.1 Å². The Labute approximate surface area is 124 Å². The quantitative estimate of drug-likeness (QED) is 0.858. The third kappa shape index (κ3) is 3.49. The number of likely N-dealkylation sites (N-methyl/N-ethyl adjacent to an activating group) is 1. The van der Waals surface area contributed by atoms with E-state index in [9.17, 15) is 0 Å². The van der Waals surface area contributed by atoms with Gasteiger partial charge in [-0.2, -0.15) is 4.37 Å². The van der Waals surface area contributed by atoms with Crippen LogP contribution in [0.25, 0.3) is 11.1 Å². The van der Waals surface area contributed by atoms with Crippen molar-refractivity contribution >= 4 is 22.4 Å². The first-order valence-corrected chi connectivity index (χ1v) is 7.61. The van der Waals surface area contributed by atoms with Crippen molar-refractivity contribution in [1.82, 2.24) is 9.27 Å². The predicted octanol–water partition coefficient (Wildman–Crippen LogP) is 3.14. The van der Waals surface area contributed by atoms with Crippen LogP contribution in [-0.4, -0.2) is 35.5 Å². The molecule has 4 nitrogen and oxygen atoms in total. The molecule has 0 radical (unpaired) electrons. The number of nitrogens with one attached hydrogen (secondary N) is 1. The van der Waals surface area contributed by atoms with E-state index in [0.29, 0.717) is 11.9 Å². The molecule has 0 unspecified atom stereocenters. The number of hydrogen-bond donors (Lipinski definition) is 2. The fraction of sp³-hybridized carbons (Fsp3) is 0.400. The van der Waals surface area contributed by atoms with Gasteiger partial charge in [0.25, 0.3) is 0 Å². The summed E-state index contributed by atoms with van der Waals surface area (Å²) in [7, 11) is 2.13. The van der Waals surface area contributed by atoms with Gasteiger partial charge in [0.05, 0.1) is 5.56 Å². The summed E-state index contributed by atoms with van der Waals surface area (Å²) in [6, 6.07) is 10.7. The summed E-state index contributed by atoms with van der Waals surface area (Å²) < 4.78 is 4.27. The van der Waals surface area contributed by atoms with E-state index < -0.39 is 0 Å². The standard InChI is InChI=1S/C15H22N4S/c1-11(2)19(3)10-9-17-15-13(14(16)18-20-15)12-7-5-4-6-8-12/h4-8,11,17H,9-10H2,1-3H3,(H2,16,18). The molecule has 0 aliphatic rings. The van der Waals surface area contributed by atoms with Crippen LogP contribution in [0.5, 0.6) is 0 Å². The van der Waals surface area contributed by atoms with E-state index in [2.05, 4.69) is 47.6 Å². The lowest BCUT2D eigenvalue weighted by atomic mass is 10.1. The van der Waals surface area contributed by atoms with Crippen molar-refractivity contribution in [2.24, 2.45) is 0 Å². The van der Waals surface area contributed by atoms with Crippen LogP contribution in [0.4, 0.5) is 10.8 Å². The molecule has 1 aromatic carbocycles. The van der Waals surface area contributed by atoms with Crippen molar-refractivity contribution in [2.75, 3.05) is 31.2 Å². The zero-order chi connectivity index (χ0) is 14.5. The van der Waals surface area contributed by atoms with Gasteiger partial charge in [-0.15, -0.1) is 0 Å². The number of aromatic nitrogens is 1. The Morgan fingerprint density at radius 3 is 2.65 bits per heavy atom. The molecule has 0 aliphatic carbocycles. The molecule has 2 rings (SSSR count). The van der Waals surface area contributed by atoms with Gasteiger partial charge in [-0.3, -0.25) is 0 Å². The second kappa shape index (κ2) is 6.72. The predicted molar refractivity (Wildman–Crippen MR) is 88.2 cm³/mol. The highest BCUT2D eigenvalue weighted by atomic mass is 32.1. The Morgan fingerprint density at radius 1 is 1.30 bits per heavy atom. The smallest absolute Gasteiger partial charge is 0.147 e. The Bertz CT molecular complexity index is 536. The number of nitrogens with zero attached hydrogens (tertiary/aromatic N) is 2. The molecule has 0 saturated carbocycles. The normalized spacial score (nSPS) is 11.2.